The van der Waals surface area contributed by atoms with E-state index >= 15 is 0 Å². The number of pyridine rings is 1. The maximum atomic E-state index is 13.0. The van der Waals surface area contributed by atoms with E-state index in [4.69, 9.17) is 5.14 Å². The molecule has 1 saturated carbocycles. The zero-order chi connectivity index (χ0) is 28.2. The molecule has 1 atom stereocenters. The Balaban J connectivity index is 1.20. The summed E-state index contributed by atoms with van der Waals surface area (Å²) in [4.78, 5) is 17.4. The van der Waals surface area contributed by atoms with E-state index in [1.165, 1.54) is 6.26 Å². The van der Waals surface area contributed by atoms with Gasteiger partial charge in [-0.3, -0.25) is 9.78 Å². The van der Waals surface area contributed by atoms with Gasteiger partial charge in [-0.2, -0.15) is 5.26 Å². The lowest BCUT2D eigenvalue weighted by Gasteiger charge is -2.38. The van der Waals surface area contributed by atoms with Gasteiger partial charge in [0.15, 0.2) is 0 Å². The van der Waals surface area contributed by atoms with Crippen LogP contribution in [0.25, 0.3) is 10.9 Å². The summed E-state index contributed by atoms with van der Waals surface area (Å²) >= 11 is 0. The van der Waals surface area contributed by atoms with Crippen LogP contribution in [0.5, 0.6) is 0 Å². The lowest BCUT2D eigenvalue weighted by molar-refractivity contribution is 0.102. The van der Waals surface area contributed by atoms with Gasteiger partial charge in [0.05, 0.1) is 22.7 Å². The van der Waals surface area contributed by atoms with Crippen molar-refractivity contribution in [3.8, 4) is 6.07 Å². The van der Waals surface area contributed by atoms with Gasteiger partial charge in [0.1, 0.15) is 9.92 Å². The van der Waals surface area contributed by atoms with Crippen LogP contribution in [-0.4, -0.2) is 33.4 Å². The summed E-state index contributed by atoms with van der Waals surface area (Å²) in [5, 5.41) is 25.4. The highest BCUT2D eigenvalue weighted by atomic mass is 32.2. The minimum absolute atomic E-state index is 0.228. The zero-order valence-electron chi connectivity index (χ0n) is 22.2. The SMILES string of the molecule is CS(N)(=O)=NC1(CCNc2ccc(NC(=O)c3cccc(Nc4ccnc5ccc(C#N)cc45)c3)cc2)CCC1. The second-order valence-corrected chi connectivity index (χ2v) is 12.1. The average molecular weight is 554 g/mol. The second-order valence-electron chi connectivity index (χ2n) is 10.1. The van der Waals surface area contributed by atoms with Crippen LogP contribution in [0.4, 0.5) is 22.7 Å². The van der Waals surface area contributed by atoms with E-state index in [1.807, 2.05) is 48.5 Å². The number of rotatable bonds is 9. The third-order valence-corrected chi connectivity index (χ3v) is 7.75. The maximum absolute atomic E-state index is 13.0. The molecular formula is C30H31N7O2S. The summed E-state index contributed by atoms with van der Waals surface area (Å²) in [6.45, 7) is 0.690. The number of carbonyl (C=O) groups excluding carboxylic acids is 1. The molecule has 0 radical (unpaired) electrons. The highest BCUT2D eigenvalue weighted by Gasteiger charge is 2.37. The first-order valence-electron chi connectivity index (χ1n) is 13.0. The Labute approximate surface area is 234 Å². The molecule has 40 heavy (non-hydrogen) atoms. The van der Waals surface area contributed by atoms with Crippen LogP contribution >= 0.6 is 0 Å². The molecule has 1 aliphatic carbocycles. The molecule has 1 heterocycles. The van der Waals surface area contributed by atoms with Crippen LogP contribution in [0.2, 0.25) is 0 Å². The van der Waals surface area contributed by atoms with E-state index in [-0.39, 0.29) is 11.4 Å². The van der Waals surface area contributed by atoms with E-state index in [2.05, 4.69) is 31.4 Å². The molecule has 1 aliphatic rings. The predicted molar refractivity (Wildman–Crippen MR) is 161 cm³/mol. The molecule has 0 saturated heterocycles. The standard InChI is InChI=1S/C30H31N7O2S/c1-40(32,39)37-30(13-3-14-30)15-17-33-23-7-9-24(10-8-23)36-29(38)22-4-2-5-25(19-22)35-28-12-16-34-27-11-6-21(20-31)18-26(27)28/h2,4-12,16,18-19,33H,3,13-15,17H2,1H3,(H,34,35)(H,36,38)(H2,32,37,39). The fraction of sp³-hybridized carbons (Fsp3) is 0.233. The van der Waals surface area contributed by atoms with Gasteiger partial charge in [-0.15, -0.1) is 0 Å². The Morgan fingerprint density at radius 3 is 2.55 bits per heavy atom. The van der Waals surface area contributed by atoms with Gasteiger partial charge in [0, 0.05) is 52.7 Å². The number of anilines is 4. The number of hydrogen-bond acceptors (Lipinski definition) is 7. The Morgan fingerprint density at radius 1 is 1.07 bits per heavy atom. The molecule has 1 unspecified atom stereocenters. The first-order valence-corrected chi connectivity index (χ1v) is 15.0. The number of hydrogen-bond donors (Lipinski definition) is 4. The van der Waals surface area contributed by atoms with Crippen molar-refractivity contribution in [2.45, 2.75) is 31.2 Å². The zero-order valence-corrected chi connectivity index (χ0v) is 23.0. The number of nitriles is 1. The van der Waals surface area contributed by atoms with Crippen LogP contribution in [0, 0.1) is 11.3 Å². The molecule has 1 fully saturated rings. The van der Waals surface area contributed by atoms with E-state index in [0.29, 0.717) is 23.4 Å². The summed E-state index contributed by atoms with van der Waals surface area (Å²) in [5.74, 6) is -0.228. The molecule has 4 aromatic rings. The number of nitrogens with two attached hydrogens (primary N) is 1. The van der Waals surface area contributed by atoms with Crippen LogP contribution < -0.4 is 21.1 Å². The average Bonchev–Trinajstić information content (AvgIpc) is 2.92. The minimum Gasteiger partial charge on any atom is -0.385 e. The Morgan fingerprint density at radius 2 is 1.85 bits per heavy atom. The summed E-state index contributed by atoms with van der Waals surface area (Å²) in [7, 11) is -2.62. The lowest BCUT2D eigenvalue weighted by atomic mass is 9.75. The van der Waals surface area contributed by atoms with Crippen molar-refractivity contribution in [1.29, 1.82) is 5.26 Å². The van der Waals surface area contributed by atoms with Gasteiger partial charge >= 0.3 is 0 Å². The number of carbonyl (C=O) groups is 1. The number of amides is 1. The first-order chi connectivity index (χ1) is 19.2. The number of nitrogens with zero attached hydrogens (tertiary/aromatic N) is 3. The molecule has 0 bridgehead atoms. The first kappa shape index (κ1) is 27.1. The number of aromatic nitrogens is 1. The summed E-state index contributed by atoms with van der Waals surface area (Å²) < 4.78 is 16.4. The third kappa shape index (κ3) is 6.57. The van der Waals surface area contributed by atoms with Gasteiger partial charge in [0.2, 0.25) is 0 Å². The fourth-order valence-corrected chi connectivity index (χ4v) is 5.93. The number of benzene rings is 3. The Hall–Kier alpha value is -4.46. The van der Waals surface area contributed by atoms with Gasteiger partial charge in [-0.1, -0.05) is 6.07 Å². The normalized spacial score (nSPS) is 15.2. The monoisotopic (exact) mass is 553 g/mol. The Kier molecular flexibility index (Phi) is 7.69. The van der Waals surface area contributed by atoms with Crippen molar-refractivity contribution in [1.82, 2.24) is 4.98 Å². The lowest BCUT2D eigenvalue weighted by Crippen LogP contribution is -2.38. The summed E-state index contributed by atoms with van der Waals surface area (Å²) in [5.41, 5.74) is 4.69. The van der Waals surface area contributed by atoms with Gasteiger partial charge in [0.25, 0.3) is 5.91 Å². The quantitative estimate of drug-likeness (QED) is 0.206. The van der Waals surface area contributed by atoms with Crippen molar-refractivity contribution in [2.75, 3.05) is 28.8 Å². The predicted octanol–water partition coefficient (Wildman–Crippen LogP) is 5.80. The van der Waals surface area contributed by atoms with Gasteiger partial charge in [-0.25, -0.2) is 13.7 Å². The molecule has 1 amide bonds. The molecule has 204 valence electrons. The summed E-state index contributed by atoms with van der Waals surface area (Å²) in [6.07, 6.45) is 6.87. The van der Waals surface area contributed by atoms with E-state index < -0.39 is 9.92 Å². The van der Waals surface area contributed by atoms with Gasteiger partial charge in [-0.05, 0) is 92.4 Å². The smallest absolute Gasteiger partial charge is 0.255 e. The van der Waals surface area contributed by atoms with Crippen molar-refractivity contribution in [2.24, 2.45) is 9.50 Å². The molecule has 9 nitrogen and oxygen atoms in total. The van der Waals surface area contributed by atoms with E-state index in [1.54, 1.807) is 30.5 Å². The van der Waals surface area contributed by atoms with Crippen molar-refractivity contribution < 1.29 is 9.00 Å². The van der Waals surface area contributed by atoms with Crippen LogP contribution in [0.1, 0.15) is 41.6 Å². The minimum atomic E-state index is -2.62. The topological polar surface area (TPSA) is 145 Å². The van der Waals surface area contributed by atoms with Crippen LogP contribution in [0.3, 0.4) is 0 Å². The van der Waals surface area contributed by atoms with Crippen molar-refractivity contribution in [3.63, 3.8) is 0 Å². The molecule has 5 rings (SSSR count). The highest BCUT2D eigenvalue weighted by Crippen LogP contribution is 2.39. The largest absolute Gasteiger partial charge is 0.385 e. The highest BCUT2D eigenvalue weighted by molar-refractivity contribution is 7.90. The van der Waals surface area contributed by atoms with Crippen molar-refractivity contribution in [3.05, 3.63) is 90.1 Å². The third-order valence-electron chi connectivity index (χ3n) is 7.00. The fourth-order valence-electron chi connectivity index (χ4n) is 4.89. The van der Waals surface area contributed by atoms with Gasteiger partial charge < -0.3 is 16.0 Å². The van der Waals surface area contributed by atoms with Crippen LogP contribution in [0.15, 0.2) is 83.4 Å². The molecule has 10 heteroatoms. The molecule has 1 aromatic heterocycles. The molecular weight excluding hydrogens is 522 g/mol. The maximum Gasteiger partial charge on any atom is 0.255 e. The van der Waals surface area contributed by atoms with Crippen LogP contribution in [-0.2, 0) is 9.92 Å². The van der Waals surface area contributed by atoms with E-state index in [0.717, 1.165) is 53.6 Å². The molecule has 0 aliphatic heterocycles. The van der Waals surface area contributed by atoms with E-state index in [9.17, 15) is 14.3 Å². The molecule has 0 spiro atoms. The second kappa shape index (κ2) is 11.3. The number of nitrogens with one attached hydrogen (secondary N) is 3. The Bertz CT molecular complexity index is 1710. The molecule has 3 aromatic carbocycles. The number of fused-ring (bicyclic) bond motifs is 1. The molecule has 5 N–H and O–H groups in total. The van der Waals surface area contributed by atoms with Crippen molar-refractivity contribution >= 4 is 49.5 Å². The summed E-state index contributed by atoms with van der Waals surface area (Å²) in [6, 6.07) is 24.1.